The summed E-state index contributed by atoms with van der Waals surface area (Å²) in [6.07, 6.45) is 1.78. The van der Waals surface area contributed by atoms with Gasteiger partial charge in [0.25, 0.3) is 0 Å². The van der Waals surface area contributed by atoms with Crippen LogP contribution in [0.15, 0.2) is 48.5 Å². The Morgan fingerprint density at radius 1 is 1.08 bits per heavy atom. The highest BCUT2D eigenvalue weighted by Gasteiger charge is 2.02. The average Bonchev–Trinajstić information content (AvgIpc) is 2.60. The zero-order valence-corrected chi connectivity index (χ0v) is 14.2. The maximum atomic E-state index is 11.9. The van der Waals surface area contributed by atoms with Crippen LogP contribution in [0.2, 0.25) is 0 Å². The van der Waals surface area contributed by atoms with Crippen LogP contribution in [0.3, 0.4) is 0 Å². The van der Waals surface area contributed by atoms with Crippen LogP contribution in [0.25, 0.3) is 0 Å². The summed E-state index contributed by atoms with van der Waals surface area (Å²) in [4.78, 5) is 11.9. The number of methoxy groups -OCH3 is 1. The molecule has 0 aliphatic heterocycles. The minimum Gasteiger partial charge on any atom is -0.497 e. The first-order chi connectivity index (χ1) is 11.7. The van der Waals surface area contributed by atoms with E-state index < -0.39 is 0 Å². The number of urea groups is 1. The van der Waals surface area contributed by atoms with Gasteiger partial charge in [0, 0.05) is 18.3 Å². The summed E-state index contributed by atoms with van der Waals surface area (Å²) in [5.41, 5.74) is 1.94. The first kappa shape index (κ1) is 17.7. The number of anilines is 1. The van der Waals surface area contributed by atoms with Crippen molar-refractivity contribution in [3.05, 3.63) is 54.1 Å². The summed E-state index contributed by atoms with van der Waals surface area (Å²) >= 11 is 0. The van der Waals surface area contributed by atoms with Crippen LogP contribution in [-0.2, 0) is 6.42 Å². The lowest BCUT2D eigenvalue weighted by molar-refractivity contribution is 0.252. The molecule has 5 heteroatoms. The summed E-state index contributed by atoms with van der Waals surface area (Å²) in [7, 11) is 1.60. The fraction of sp³-hybridized carbons (Fsp3) is 0.316. The van der Waals surface area contributed by atoms with E-state index in [4.69, 9.17) is 9.47 Å². The van der Waals surface area contributed by atoms with Crippen LogP contribution in [0.5, 0.6) is 11.5 Å². The standard InChI is InChI=1S/C19H24N2O3/c1-3-24-17-11-9-15(10-12-17)6-5-13-20-19(22)21-16-7-4-8-18(14-16)23-2/h4,7-12,14H,3,5-6,13H2,1-2H3,(H2,20,21,22). The quantitative estimate of drug-likeness (QED) is 0.724. The highest BCUT2D eigenvalue weighted by atomic mass is 16.5. The number of carbonyl (C=O) groups is 1. The molecule has 24 heavy (non-hydrogen) atoms. The van der Waals surface area contributed by atoms with E-state index in [-0.39, 0.29) is 6.03 Å². The number of ether oxygens (including phenoxy) is 2. The molecular weight excluding hydrogens is 304 g/mol. The second-order valence-electron chi connectivity index (χ2n) is 5.29. The molecule has 2 N–H and O–H groups in total. The van der Waals surface area contributed by atoms with Gasteiger partial charge in [0.1, 0.15) is 11.5 Å². The highest BCUT2D eigenvalue weighted by molar-refractivity contribution is 5.89. The molecule has 0 unspecified atom stereocenters. The number of carbonyl (C=O) groups excluding carboxylic acids is 1. The number of rotatable bonds is 8. The van der Waals surface area contributed by atoms with Gasteiger partial charge in [0.05, 0.1) is 13.7 Å². The number of aryl methyl sites for hydroxylation is 1. The van der Waals surface area contributed by atoms with Gasteiger partial charge in [0.2, 0.25) is 0 Å². The Kier molecular flexibility index (Phi) is 6.95. The largest absolute Gasteiger partial charge is 0.497 e. The van der Waals surface area contributed by atoms with Crippen molar-refractivity contribution in [1.82, 2.24) is 5.32 Å². The molecule has 2 aromatic carbocycles. The second-order valence-corrected chi connectivity index (χ2v) is 5.29. The topological polar surface area (TPSA) is 59.6 Å². The van der Waals surface area contributed by atoms with E-state index >= 15 is 0 Å². The molecule has 0 atom stereocenters. The summed E-state index contributed by atoms with van der Waals surface area (Å²) in [6, 6.07) is 15.1. The monoisotopic (exact) mass is 328 g/mol. The Balaban J connectivity index is 1.68. The number of benzene rings is 2. The maximum absolute atomic E-state index is 11.9. The maximum Gasteiger partial charge on any atom is 0.319 e. The molecular formula is C19H24N2O3. The first-order valence-electron chi connectivity index (χ1n) is 8.12. The Hall–Kier alpha value is -2.69. The van der Waals surface area contributed by atoms with Gasteiger partial charge in [-0.05, 0) is 49.6 Å². The van der Waals surface area contributed by atoms with Gasteiger partial charge in [-0.2, -0.15) is 0 Å². The Morgan fingerprint density at radius 3 is 2.58 bits per heavy atom. The number of amides is 2. The zero-order valence-electron chi connectivity index (χ0n) is 14.2. The van der Waals surface area contributed by atoms with Crippen LogP contribution in [0.4, 0.5) is 10.5 Å². The molecule has 0 radical (unpaired) electrons. The van der Waals surface area contributed by atoms with E-state index in [1.165, 1.54) is 5.56 Å². The Labute approximate surface area is 143 Å². The summed E-state index contributed by atoms with van der Waals surface area (Å²) < 4.78 is 10.5. The molecule has 0 fully saturated rings. The first-order valence-corrected chi connectivity index (χ1v) is 8.12. The fourth-order valence-corrected chi connectivity index (χ4v) is 2.29. The molecule has 5 nitrogen and oxygen atoms in total. The van der Waals surface area contributed by atoms with Gasteiger partial charge in [-0.3, -0.25) is 0 Å². The predicted molar refractivity (Wildman–Crippen MR) is 95.9 cm³/mol. The Bertz CT molecular complexity index is 641. The number of nitrogens with one attached hydrogen (secondary N) is 2. The van der Waals surface area contributed by atoms with Crippen LogP contribution in [0, 0.1) is 0 Å². The third kappa shape index (κ3) is 5.83. The predicted octanol–water partition coefficient (Wildman–Crippen LogP) is 3.85. The van der Waals surface area contributed by atoms with E-state index in [1.807, 2.05) is 37.3 Å². The molecule has 0 spiro atoms. The van der Waals surface area contributed by atoms with E-state index in [1.54, 1.807) is 13.2 Å². The van der Waals surface area contributed by atoms with Crippen molar-refractivity contribution in [2.75, 3.05) is 25.6 Å². The van der Waals surface area contributed by atoms with Gasteiger partial charge >= 0.3 is 6.03 Å². The third-order valence-electron chi connectivity index (χ3n) is 3.49. The van der Waals surface area contributed by atoms with Crippen molar-refractivity contribution >= 4 is 11.7 Å². The SMILES string of the molecule is CCOc1ccc(CCCNC(=O)Nc2cccc(OC)c2)cc1. The fourth-order valence-electron chi connectivity index (χ4n) is 2.29. The molecule has 0 saturated heterocycles. The summed E-state index contributed by atoms with van der Waals surface area (Å²) in [5.74, 6) is 1.60. The van der Waals surface area contributed by atoms with Gasteiger partial charge in [-0.1, -0.05) is 18.2 Å². The van der Waals surface area contributed by atoms with Crippen LogP contribution in [0.1, 0.15) is 18.9 Å². The number of hydrogen-bond donors (Lipinski definition) is 2. The van der Waals surface area contributed by atoms with Crippen LogP contribution < -0.4 is 20.1 Å². The van der Waals surface area contributed by atoms with Crippen molar-refractivity contribution < 1.29 is 14.3 Å². The van der Waals surface area contributed by atoms with Crippen molar-refractivity contribution in [2.45, 2.75) is 19.8 Å². The molecule has 128 valence electrons. The summed E-state index contributed by atoms with van der Waals surface area (Å²) in [6.45, 7) is 3.25. The smallest absolute Gasteiger partial charge is 0.319 e. The number of hydrogen-bond acceptors (Lipinski definition) is 3. The lowest BCUT2D eigenvalue weighted by Crippen LogP contribution is -2.29. The van der Waals surface area contributed by atoms with Gasteiger partial charge in [-0.15, -0.1) is 0 Å². The van der Waals surface area contributed by atoms with Crippen LogP contribution in [-0.4, -0.2) is 26.3 Å². The minimum atomic E-state index is -0.213. The lowest BCUT2D eigenvalue weighted by atomic mass is 10.1. The molecule has 0 aromatic heterocycles. The Morgan fingerprint density at radius 2 is 1.88 bits per heavy atom. The van der Waals surface area contributed by atoms with Crippen LogP contribution >= 0.6 is 0 Å². The molecule has 0 aliphatic carbocycles. The van der Waals surface area contributed by atoms with Crippen molar-refractivity contribution in [1.29, 1.82) is 0 Å². The van der Waals surface area contributed by atoms with Gasteiger partial charge < -0.3 is 20.1 Å². The van der Waals surface area contributed by atoms with Crippen molar-refractivity contribution in [3.63, 3.8) is 0 Å². The van der Waals surface area contributed by atoms with Crippen molar-refractivity contribution in [3.8, 4) is 11.5 Å². The molecule has 0 aliphatic rings. The molecule has 0 saturated carbocycles. The minimum absolute atomic E-state index is 0.213. The molecule has 2 amide bonds. The van der Waals surface area contributed by atoms with E-state index in [0.717, 1.165) is 18.6 Å². The van der Waals surface area contributed by atoms with Crippen molar-refractivity contribution in [2.24, 2.45) is 0 Å². The molecule has 2 aromatic rings. The molecule has 0 bridgehead atoms. The van der Waals surface area contributed by atoms with Gasteiger partial charge in [-0.25, -0.2) is 4.79 Å². The summed E-state index contributed by atoms with van der Waals surface area (Å²) in [5, 5.41) is 5.65. The second kappa shape index (κ2) is 9.45. The molecule has 2 rings (SSSR count). The van der Waals surface area contributed by atoms with E-state index in [0.29, 0.717) is 24.6 Å². The zero-order chi connectivity index (χ0) is 17.2. The normalized spacial score (nSPS) is 10.1. The highest BCUT2D eigenvalue weighted by Crippen LogP contribution is 2.16. The average molecular weight is 328 g/mol. The van der Waals surface area contributed by atoms with Gasteiger partial charge in [0.15, 0.2) is 0 Å². The van der Waals surface area contributed by atoms with E-state index in [2.05, 4.69) is 22.8 Å². The lowest BCUT2D eigenvalue weighted by Gasteiger charge is -2.09. The third-order valence-corrected chi connectivity index (χ3v) is 3.49. The molecule has 0 heterocycles. The van der Waals surface area contributed by atoms with E-state index in [9.17, 15) is 4.79 Å².